The number of carbonyl (C=O) groups is 1. The van der Waals surface area contributed by atoms with Crippen molar-refractivity contribution in [3.05, 3.63) is 24.3 Å². The molecule has 0 unspecified atom stereocenters. The molecule has 2 rings (SSSR count). The van der Waals surface area contributed by atoms with Crippen LogP contribution >= 0.6 is 0 Å². The summed E-state index contributed by atoms with van der Waals surface area (Å²) >= 11 is 0. The minimum absolute atomic E-state index is 0.0146. The number of rotatable bonds is 4. The Morgan fingerprint density at radius 3 is 2.74 bits per heavy atom. The van der Waals surface area contributed by atoms with Crippen molar-refractivity contribution in [3.8, 4) is 5.75 Å². The molecule has 0 radical (unpaired) electrons. The van der Waals surface area contributed by atoms with Gasteiger partial charge in [-0.2, -0.15) is 0 Å². The molecule has 1 aliphatic rings. The SMILES string of the molecule is COc1ccc(NC(=O)N[C@@H](C)[C@H]2CCCO2)cc1. The van der Waals surface area contributed by atoms with Crippen LogP contribution in [0.3, 0.4) is 0 Å². The van der Waals surface area contributed by atoms with Crippen molar-refractivity contribution in [2.24, 2.45) is 0 Å². The van der Waals surface area contributed by atoms with Gasteiger partial charge in [-0.05, 0) is 44.0 Å². The van der Waals surface area contributed by atoms with E-state index in [-0.39, 0.29) is 18.2 Å². The summed E-state index contributed by atoms with van der Waals surface area (Å²) in [5.74, 6) is 0.763. The third-order valence-corrected chi connectivity index (χ3v) is 3.23. The monoisotopic (exact) mass is 264 g/mol. The van der Waals surface area contributed by atoms with Crippen molar-refractivity contribution < 1.29 is 14.3 Å². The average molecular weight is 264 g/mol. The van der Waals surface area contributed by atoms with Crippen LogP contribution in [0, 0.1) is 0 Å². The summed E-state index contributed by atoms with van der Waals surface area (Å²) in [6, 6.07) is 7.01. The Kier molecular flexibility index (Phi) is 4.63. The summed E-state index contributed by atoms with van der Waals surface area (Å²) in [6.07, 6.45) is 2.20. The Morgan fingerprint density at radius 1 is 1.42 bits per heavy atom. The molecule has 5 nitrogen and oxygen atoms in total. The molecule has 104 valence electrons. The number of benzene rings is 1. The highest BCUT2D eigenvalue weighted by Crippen LogP contribution is 2.16. The number of anilines is 1. The second-order valence-electron chi connectivity index (χ2n) is 4.67. The Morgan fingerprint density at radius 2 is 2.16 bits per heavy atom. The lowest BCUT2D eigenvalue weighted by Gasteiger charge is -2.20. The predicted molar refractivity (Wildman–Crippen MR) is 73.6 cm³/mol. The standard InChI is InChI=1S/C14H20N2O3/c1-10(13-4-3-9-19-13)15-14(17)16-11-5-7-12(18-2)8-6-11/h5-8,10,13H,3-4,9H2,1-2H3,(H2,15,16,17)/t10-,13+/m0/s1. The fraction of sp³-hybridized carbons (Fsp3) is 0.500. The summed E-state index contributed by atoms with van der Waals surface area (Å²) < 4.78 is 10.6. The minimum Gasteiger partial charge on any atom is -0.497 e. The van der Waals surface area contributed by atoms with Crippen LogP contribution in [-0.2, 0) is 4.74 Å². The van der Waals surface area contributed by atoms with E-state index in [2.05, 4.69) is 10.6 Å². The third kappa shape index (κ3) is 3.86. The lowest BCUT2D eigenvalue weighted by molar-refractivity contribution is 0.0868. The zero-order chi connectivity index (χ0) is 13.7. The number of hydrogen-bond donors (Lipinski definition) is 2. The second-order valence-corrected chi connectivity index (χ2v) is 4.67. The van der Waals surface area contributed by atoms with Crippen LogP contribution in [0.2, 0.25) is 0 Å². The summed E-state index contributed by atoms with van der Waals surface area (Å²) in [7, 11) is 1.61. The maximum absolute atomic E-state index is 11.8. The molecule has 1 aromatic carbocycles. The van der Waals surface area contributed by atoms with Crippen LogP contribution in [0.1, 0.15) is 19.8 Å². The molecule has 19 heavy (non-hydrogen) atoms. The van der Waals surface area contributed by atoms with Crippen LogP contribution in [0.4, 0.5) is 10.5 Å². The van der Waals surface area contributed by atoms with E-state index in [4.69, 9.17) is 9.47 Å². The van der Waals surface area contributed by atoms with Crippen molar-refractivity contribution in [2.45, 2.75) is 31.9 Å². The van der Waals surface area contributed by atoms with Gasteiger partial charge in [0.25, 0.3) is 0 Å². The first-order valence-corrected chi connectivity index (χ1v) is 6.52. The molecule has 5 heteroatoms. The Hall–Kier alpha value is -1.75. The summed E-state index contributed by atoms with van der Waals surface area (Å²) in [6.45, 7) is 2.75. The highest BCUT2D eigenvalue weighted by Gasteiger charge is 2.23. The molecule has 1 aromatic rings. The smallest absolute Gasteiger partial charge is 0.319 e. The molecule has 1 heterocycles. The first-order valence-electron chi connectivity index (χ1n) is 6.52. The number of nitrogens with one attached hydrogen (secondary N) is 2. The summed E-state index contributed by atoms with van der Waals surface area (Å²) in [5, 5.41) is 5.68. The van der Waals surface area contributed by atoms with E-state index < -0.39 is 0 Å². The van der Waals surface area contributed by atoms with E-state index in [0.29, 0.717) is 0 Å². The molecular weight excluding hydrogens is 244 g/mol. The Balaban J connectivity index is 1.82. The van der Waals surface area contributed by atoms with Crippen molar-refractivity contribution in [1.29, 1.82) is 0 Å². The normalized spacial score (nSPS) is 19.8. The van der Waals surface area contributed by atoms with Crippen LogP contribution < -0.4 is 15.4 Å². The van der Waals surface area contributed by atoms with Crippen molar-refractivity contribution in [2.75, 3.05) is 19.0 Å². The lowest BCUT2D eigenvalue weighted by Crippen LogP contribution is -2.42. The predicted octanol–water partition coefficient (Wildman–Crippen LogP) is 2.38. The van der Waals surface area contributed by atoms with Crippen molar-refractivity contribution >= 4 is 11.7 Å². The second kappa shape index (κ2) is 6.43. The van der Waals surface area contributed by atoms with E-state index in [1.54, 1.807) is 31.4 Å². The molecule has 0 saturated carbocycles. The fourth-order valence-corrected chi connectivity index (χ4v) is 2.14. The van der Waals surface area contributed by atoms with Gasteiger partial charge in [0.05, 0.1) is 19.3 Å². The van der Waals surface area contributed by atoms with Crippen LogP contribution in [0.15, 0.2) is 24.3 Å². The number of carbonyl (C=O) groups excluding carboxylic acids is 1. The molecule has 2 atom stereocenters. The van der Waals surface area contributed by atoms with Gasteiger partial charge < -0.3 is 20.1 Å². The Bertz CT molecular complexity index is 413. The molecule has 0 bridgehead atoms. The van der Waals surface area contributed by atoms with Gasteiger partial charge >= 0.3 is 6.03 Å². The first kappa shape index (κ1) is 13.7. The highest BCUT2D eigenvalue weighted by molar-refractivity contribution is 5.89. The zero-order valence-electron chi connectivity index (χ0n) is 11.3. The molecule has 1 saturated heterocycles. The van der Waals surface area contributed by atoms with E-state index in [1.165, 1.54) is 0 Å². The minimum atomic E-state index is -0.215. The van der Waals surface area contributed by atoms with E-state index in [9.17, 15) is 4.79 Å². The van der Waals surface area contributed by atoms with E-state index in [0.717, 1.165) is 30.9 Å². The molecule has 1 fully saturated rings. The number of methoxy groups -OCH3 is 1. The summed E-state index contributed by atoms with van der Waals surface area (Å²) in [5.41, 5.74) is 0.734. The largest absolute Gasteiger partial charge is 0.497 e. The first-order chi connectivity index (χ1) is 9.19. The van der Waals surface area contributed by atoms with Gasteiger partial charge in [0.1, 0.15) is 5.75 Å². The fourth-order valence-electron chi connectivity index (χ4n) is 2.14. The topological polar surface area (TPSA) is 59.6 Å². The van der Waals surface area contributed by atoms with Crippen LogP contribution in [0.5, 0.6) is 5.75 Å². The molecule has 0 spiro atoms. The quantitative estimate of drug-likeness (QED) is 0.877. The average Bonchev–Trinajstić information content (AvgIpc) is 2.93. The van der Waals surface area contributed by atoms with Gasteiger partial charge in [0.15, 0.2) is 0 Å². The Labute approximate surface area is 113 Å². The molecule has 1 aliphatic heterocycles. The van der Waals surface area contributed by atoms with Gasteiger partial charge in [-0.25, -0.2) is 4.79 Å². The summed E-state index contributed by atoms with van der Waals surface area (Å²) in [4.78, 5) is 11.8. The van der Waals surface area contributed by atoms with Gasteiger partial charge in [-0.1, -0.05) is 0 Å². The van der Waals surface area contributed by atoms with Gasteiger partial charge in [0, 0.05) is 12.3 Å². The van der Waals surface area contributed by atoms with Gasteiger partial charge in [-0.15, -0.1) is 0 Å². The van der Waals surface area contributed by atoms with Crippen molar-refractivity contribution in [3.63, 3.8) is 0 Å². The van der Waals surface area contributed by atoms with E-state index >= 15 is 0 Å². The van der Waals surface area contributed by atoms with Crippen LogP contribution in [-0.4, -0.2) is 31.9 Å². The molecule has 2 N–H and O–H groups in total. The lowest BCUT2D eigenvalue weighted by atomic mass is 10.1. The maximum Gasteiger partial charge on any atom is 0.319 e. The molecule has 0 aliphatic carbocycles. The molecular formula is C14H20N2O3. The van der Waals surface area contributed by atoms with E-state index in [1.807, 2.05) is 6.92 Å². The van der Waals surface area contributed by atoms with Crippen molar-refractivity contribution in [1.82, 2.24) is 5.32 Å². The number of ether oxygens (including phenoxy) is 2. The maximum atomic E-state index is 11.8. The molecule has 0 aromatic heterocycles. The van der Waals surface area contributed by atoms with Gasteiger partial charge in [0.2, 0.25) is 0 Å². The van der Waals surface area contributed by atoms with Gasteiger partial charge in [-0.3, -0.25) is 0 Å². The number of urea groups is 1. The number of hydrogen-bond acceptors (Lipinski definition) is 3. The zero-order valence-corrected chi connectivity index (χ0v) is 11.3. The van der Waals surface area contributed by atoms with Crippen LogP contribution in [0.25, 0.3) is 0 Å². The number of amides is 2. The highest BCUT2D eigenvalue weighted by atomic mass is 16.5. The third-order valence-electron chi connectivity index (χ3n) is 3.23. The molecule has 2 amide bonds.